The van der Waals surface area contributed by atoms with Crippen molar-refractivity contribution in [2.45, 2.75) is 32.1 Å². The molecule has 1 aromatic rings. The van der Waals surface area contributed by atoms with Crippen LogP contribution in [0.2, 0.25) is 0 Å². The van der Waals surface area contributed by atoms with Crippen molar-refractivity contribution in [1.29, 1.82) is 0 Å². The second kappa shape index (κ2) is 6.34. The number of benzene rings is 1. The zero-order valence-corrected chi connectivity index (χ0v) is 12.2. The minimum atomic E-state index is -3.14. The van der Waals surface area contributed by atoms with Crippen LogP contribution in [-0.4, -0.2) is 26.0 Å². The van der Waals surface area contributed by atoms with Crippen molar-refractivity contribution in [3.63, 3.8) is 0 Å². The molecule has 6 heteroatoms. The number of ether oxygens (including phenoxy) is 1. The third-order valence-electron chi connectivity index (χ3n) is 2.82. The van der Waals surface area contributed by atoms with Crippen LogP contribution in [0, 0.1) is 5.82 Å². The van der Waals surface area contributed by atoms with E-state index in [9.17, 15) is 12.8 Å². The molecule has 0 heterocycles. The second-order valence-electron chi connectivity index (χ2n) is 4.74. The van der Waals surface area contributed by atoms with Gasteiger partial charge >= 0.3 is 0 Å². The summed E-state index contributed by atoms with van der Waals surface area (Å²) >= 11 is 0. The van der Waals surface area contributed by atoms with Crippen molar-refractivity contribution in [2.24, 2.45) is 5.73 Å². The minimum absolute atomic E-state index is 0.0114. The largest absolute Gasteiger partial charge is 0.492 e. The fourth-order valence-electron chi connectivity index (χ4n) is 1.48. The standard InChI is InChI=1S/C13H20FNO3S/c1-9(2)19(16,17)7-6-18-11-4-5-12(10(3)15)13(14)8-11/h4-5,8-10H,6-7,15H2,1-3H3/t10-/m0/s1. The average molecular weight is 289 g/mol. The molecule has 0 saturated heterocycles. The lowest BCUT2D eigenvalue weighted by atomic mass is 10.1. The predicted molar refractivity (Wildman–Crippen MR) is 73.4 cm³/mol. The summed E-state index contributed by atoms with van der Waals surface area (Å²) < 4.78 is 42.0. The molecule has 4 nitrogen and oxygen atoms in total. The van der Waals surface area contributed by atoms with Crippen molar-refractivity contribution in [3.8, 4) is 5.75 Å². The highest BCUT2D eigenvalue weighted by molar-refractivity contribution is 7.91. The Kier molecular flexibility index (Phi) is 5.31. The molecule has 0 saturated carbocycles. The SMILES string of the molecule is CC(C)S(=O)(=O)CCOc1ccc([C@H](C)N)c(F)c1. The topological polar surface area (TPSA) is 69.4 Å². The lowest BCUT2D eigenvalue weighted by molar-refractivity contribution is 0.338. The van der Waals surface area contributed by atoms with Crippen LogP contribution >= 0.6 is 0 Å². The second-order valence-corrected chi connectivity index (χ2v) is 7.41. The van der Waals surface area contributed by atoms with E-state index in [0.717, 1.165) is 0 Å². The van der Waals surface area contributed by atoms with E-state index in [1.165, 1.54) is 6.07 Å². The molecule has 0 amide bonds. The van der Waals surface area contributed by atoms with Gasteiger partial charge in [-0.15, -0.1) is 0 Å². The molecule has 0 radical (unpaired) electrons. The molecule has 0 bridgehead atoms. The molecular weight excluding hydrogens is 269 g/mol. The maximum Gasteiger partial charge on any atom is 0.155 e. The van der Waals surface area contributed by atoms with E-state index < -0.39 is 26.9 Å². The third kappa shape index (κ3) is 4.47. The van der Waals surface area contributed by atoms with Crippen LogP contribution < -0.4 is 10.5 Å². The lowest BCUT2D eigenvalue weighted by Crippen LogP contribution is -2.22. The van der Waals surface area contributed by atoms with Gasteiger partial charge in [0.1, 0.15) is 18.2 Å². The third-order valence-corrected chi connectivity index (χ3v) is 4.99. The van der Waals surface area contributed by atoms with E-state index in [2.05, 4.69) is 0 Å². The monoisotopic (exact) mass is 289 g/mol. The van der Waals surface area contributed by atoms with Gasteiger partial charge in [-0.1, -0.05) is 6.07 Å². The quantitative estimate of drug-likeness (QED) is 0.870. The Morgan fingerprint density at radius 3 is 2.42 bits per heavy atom. The summed E-state index contributed by atoms with van der Waals surface area (Å²) in [6, 6.07) is 3.96. The summed E-state index contributed by atoms with van der Waals surface area (Å²) in [5.74, 6) is -0.221. The molecular formula is C13H20FNO3S. The summed E-state index contributed by atoms with van der Waals surface area (Å²) in [5, 5.41) is -0.437. The molecule has 0 aromatic heterocycles. The number of nitrogens with two attached hydrogens (primary N) is 1. The highest BCUT2D eigenvalue weighted by Crippen LogP contribution is 2.20. The highest BCUT2D eigenvalue weighted by atomic mass is 32.2. The van der Waals surface area contributed by atoms with E-state index in [0.29, 0.717) is 11.3 Å². The van der Waals surface area contributed by atoms with Crippen molar-refractivity contribution in [2.75, 3.05) is 12.4 Å². The molecule has 0 unspecified atom stereocenters. The van der Waals surface area contributed by atoms with Gasteiger partial charge in [0.2, 0.25) is 0 Å². The number of sulfone groups is 1. The Morgan fingerprint density at radius 1 is 1.32 bits per heavy atom. The van der Waals surface area contributed by atoms with Gasteiger partial charge in [-0.3, -0.25) is 0 Å². The van der Waals surface area contributed by atoms with Gasteiger partial charge in [0.15, 0.2) is 9.84 Å². The zero-order valence-electron chi connectivity index (χ0n) is 11.4. The predicted octanol–water partition coefficient (Wildman–Crippen LogP) is 2.05. The van der Waals surface area contributed by atoms with Gasteiger partial charge < -0.3 is 10.5 Å². The van der Waals surface area contributed by atoms with Crippen LogP contribution in [0.4, 0.5) is 4.39 Å². The van der Waals surface area contributed by atoms with Crippen molar-refractivity contribution >= 4 is 9.84 Å². The molecule has 0 aliphatic carbocycles. The average Bonchev–Trinajstić information content (AvgIpc) is 2.28. The summed E-state index contributed by atoms with van der Waals surface area (Å²) in [6.07, 6.45) is 0. The number of halogens is 1. The molecule has 0 aliphatic rings. The Balaban J connectivity index is 2.63. The van der Waals surface area contributed by atoms with Gasteiger partial charge in [-0.25, -0.2) is 12.8 Å². The molecule has 19 heavy (non-hydrogen) atoms. The van der Waals surface area contributed by atoms with Gasteiger partial charge in [-0.05, 0) is 26.8 Å². The van der Waals surface area contributed by atoms with E-state index >= 15 is 0 Å². The summed E-state index contributed by atoms with van der Waals surface area (Å²) in [4.78, 5) is 0. The van der Waals surface area contributed by atoms with Crippen LogP contribution in [0.15, 0.2) is 18.2 Å². The molecule has 1 atom stereocenters. The Labute approximate surface area is 113 Å². The van der Waals surface area contributed by atoms with E-state index in [1.54, 1.807) is 32.9 Å². The van der Waals surface area contributed by atoms with E-state index in [4.69, 9.17) is 10.5 Å². The molecule has 1 rings (SSSR count). The first-order valence-corrected chi connectivity index (χ1v) is 7.85. The van der Waals surface area contributed by atoms with Crippen LogP contribution in [0.25, 0.3) is 0 Å². The molecule has 0 spiro atoms. The van der Waals surface area contributed by atoms with Crippen molar-refractivity contribution in [3.05, 3.63) is 29.6 Å². The molecule has 108 valence electrons. The number of hydrogen-bond donors (Lipinski definition) is 1. The highest BCUT2D eigenvalue weighted by Gasteiger charge is 2.16. The van der Waals surface area contributed by atoms with Crippen LogP contribution in [0.5, 0.6) is 5.75 Å². The van der Waals surface area contributed by atoms with Crippen LogP contribution in [-0.2, 0) is 9.84 Å². The van der Waals surface area contributed by atoms with Crippen molar-refractivity contribution in [1.82, 2.24) is 0 Å². The smallest absolute Gasteiger partial charge is 0.155 e. The van der Waals surface area contributed by atoms with E-state index in [1.807, 2.05) is 0 Å². The fraction of sp³-hybridized carbons (Fsp3) is 0.538. The fourth-order valence-corrected chi connectivity index (χ4v) is 2.27. The van der Waals surface area contributed by atoms with E-state index in [-0.39, 0.29) is 12.4 Å². The summed E-state index contributed by atoms with van der Waals surface area (Å²) in [7, 11) is -3.14. The van der Waals surface area contributed by atoms with Crippen LogP contribution in [0.1, 0.15) is 32.4 Å². The van der Waals surface area contributed by atoms with Gasteiger partial charge in [-0.2, -0.15) is 0 Å². The summed E-state index contributed by atoms with van der Waals surface area (Å²) in [6.45, 7) is 4.94. The lowest BCUT2D eigenvalue weighted by Gasteiger charge is -2.11. The Morgan fingerprint density at radius 2 is 1.95 bits per heavy atom. The van der Waals surface area contributed by atoms with Gasteiger partial charge in [0, 0.05) is 17.7 Å². The normalized spacial score (nSPS) is 13.6. The molecule has 2 N–H and O–H groups in total. The Bertz CT molecular complexity index is 527. The maximum absolute atomic E-state index is 13.6. The summed E-state index contributed by atoms with van der Waals surface area (Å²) in [5.41, 5.74) is 6.00. The molecule has 0 fully saturated rings. The molecule has 1 aromatic carbocycles. The Hall–Kier alpha value is -1.14. The maximum atomic E-state index is 13.6. The number of hydrogen-bond acceptors (Lipinski definition) is 4. The van der Waals surface area contributed by atoms with Crippen LogP contribution in [0.3, 0.4) is 0 Å². The van der Waals surface area contributed by atoms with Gasteiger partial charge in [0.25, 0.3) is 0 Å². The first-order chi connectivity index (χ1) is 8.74. The van der Waals surface area contributed by atoms with Gasteiger partial charge in [0.05, 0.1) is 11.0 Å². The molecule has 0 aliphatic heterocycles. The number of rotatable bonds is 6. The zero-order chi connectivity index (χ0) is 14.6. The first-order valence-electron chi connectivity index (χ1n) is 6.13. The minimum Gasteiger partial charge on any atom is -0.492 e. The van der Waals surface area contributed by atoms with Crippen molar-refractivity contribution < 1.29 is 17.5 Å². The first kappa shape index (κ1) is 15.9.